The molecular formula is C13H20O12. The number of aliphatic hydroxyl groups is 6. The molecule has 6 N–H and O–H groups in total. The lowest BCUT2D eigenvalue weighted by Crippen LogP contribution is -2.64. The highest BCUT2D eigenvalue weighted by Gasteiger charge is 2.56. The van der Waals surface area contributed by atoms with E-state index in [0.717, 1.165) is 0 Å². The van der Waals surface area contributed by atoms with Gasteiger partial charge in [-0.15, -0.1) is 0 Å². The van der Waals surface area contributed by atoms with Crippen LogP contribution in [0.2, 0.25) is 0 Å². The zero-order valence-corrected chi connectivity index (χ0v) is 12.8. The first kappa shape index (κ1) is 18.7. The van der Waals surface area contributed by atoms with Gasteiger partial charge in [-0.1, -0.05) is 0 Å². The molecular weight excluding hydrogens is 348 g/mol. The fourth-order valence-electron chi connectivity index (χ4n) is 3.07. The van der Waals surface area contributed by atoms with Crippen molar-refractivity contribution in [3.8, 4) is 0 Å². The van der Waals surface area contributed by atoms with Crippen molar-refractivity contribution in [2.45, 2.75) is 61.4 Å². The number of ether oxygens (including phenoxy) is 5. The van der Waals surface area contributed by atoms with Gasteiger partial charge in [0.15, 0.2) is 24.8 Å². The van der Waals surface area contributed by atoms with Crippen LogP contribution in [0.5, 0.6) is 0 Å². The Labute approximate surface area is 141 Å². The largest absolute Gasteiger partial charge is 0.509 e. The highest BCUT2D eigenvalue weighted by atomic mass is 16.8. The minimum atomic E-state index is -1.73. The smallest absolute Gasteiger partial charge is 0.424 e. The Bertz CT molecular complexity index is 486. The first-order chi connectivity index (χ1) is 11.9. The third-order valence-electron chi connectivity index (χ3n) is 4.39. The van der Waals surface area contributed by atoms with Gasteiger partial charge in [-0.2, -0.15) is 0 Å². The minimum absolute atomic E-state index is 0.571. The third-order valence-corrected chi connectivity index (χ3v) is 4.39. The summed E-state index contributed by atoms with van der Waals surface area (Å²) in [5.74, 6) is 0. The normalized spacial score (nSPS) is 50.1. The fraction of sp³-hybridized carbons (Fsp3) is 0.923. The second-order valence-electron chi connectivity index (χ2n) is 5.96. The van der Waals surface area contributed by atoms with Crippen molar-refractivity contribution in [1.29, 1.82) is 0 Å². The first-order valence-corrected chi connectivity index (χ1v) is 7.65. The third kappa shape index (κ3) is 3.32. The molecule has 10 atom stereocenters. The molecule has 0 aromatic heterocycles. The second kappa shape index (κ2) is 7.26. The average Bonchev–Trinajstić information content (AvgIpc) is 2.99. The van der Waals surface area contributed by atoms with E-state index in [4.69, 9.17) is 23.7 Å². The number of aliphatic hydroxyl groups excluding tert-OH is 6. The Morgan fingerprint density at radius 1 is 0.840 bits per heavy atom. The van der Waals surface area contributed by atoms with Gasteiger partial charge in [0.05, 0.1) is 13.2 Å². The first-order valence-electron chi connectivity index (χ1n) is 7.65. The van der Waals surface area contributed by atoms with Crippen LogP contribution in [0.25, 0.3) is 0 Å². The summed E-state index contributed by atoms with van der Waals surface area (Å²) < 4.78 is 25.4. The highest BCUT2D eigenvalue weighted by molar-refractivity contribution is 5.63. The molecule has 0 aromatic carbocycles. The summed E-state index contributed by atoms with van der Waals surface area (Å²) in [6.45, 7) is -1.24. The molecule has 144 valence electrons. The van der Waals surface area contributed by atoms with Crippen LogP contribution in [-0.2, 0) is 23.7 Å². The van der Waals surface area contributed by atoms with E-state index >= 15 is 0 Å². The average molecular weight is 368 g/mol. The van der Waals surface area contributed by atoms with Crippen LogP contribution in [0.3, 0.4) is 0 Å². The SMILES string of the molecule is O=C1O[C@@H]2[C@@H](O)[C@H](O[C@H]3[C@H](O)[C@@H](O)C(O)O[C@@H]3CO)O[C@H](CO)[C@@H]2O1. The lowest BCUT2D eigenvalue weighted by molar-refractivity contribution is -0.348. The van der Waals surface area contributed by atoms with E-state index in [1.54, 1.807) is 0 Å². The summed E-state index contributed by atoms with van der Waals surface area (Å²) in [5, 5.41) is 58.2. The molecule has 12 heteroatoms. The van der Waals surface area contributed by atoms with Gasteiger partial charge in [0.2, 0.25) is 0 Å². The molecule has 1 unspecified atom stereocenters. The number of carbonyl (C=O) groups excluding carboxylic acids is 1. The Hall–Kier alpha value is -1.09. The van der Waals surface area contributed by atoms with E-state index in [9.17, 15) is 35.4 Å². The maximum atomic E-state index is 11.3. The molecule has 3 fully saturated rings. The van der Waals surface area contributed by atoms with Gasteiger partial charge in [-0.3, -0.25) is 0 Å². The van der Waals surface area contributed by atoms with Crippen molar-refractivity contribution in [2.24, 2.45) is 0 Å². The van der Waals surface area contributed by atoms with E-state index in [1.807, 2.05) is 0 Å². The Morgan fingerprint density at radius 3 is 2.12 bits per heavy atom. The van der Waals surface area contributed by atoms with Gasteiger partial charge in [0.1, 0.15) is 36.6 Å². The van der Waals surface area contributed by atoms with Gasteiger partial charge in [-0.05, 0) is 0 Å². The molecule has 0 spiro atoms. The molecule has 0 bridgehead atoms. The quantitative estimate of drug-likeness (QED) is 0.263. The summed E-state index contributed by atoms with van der Waals surface area (Å²) in [6, 6.07) is 0. The molecule has 3 saturated heterocycles. The molecule has 0 radical (unpaired) electrons. The zero-order chi connectivity index (χ0) is 18.3. The van der Waals surface area contributed by atoms with Crippen molar-refractivity contribution in [3.05, 3.63) is 0 Å². The molecule has 3 heterocycles. The van der Waals surface area contributed by atoms with Gasteiger partial charge in [0.25, 0.3) is 0 Å². The van der Waals surface area contributed by atoms with E-state index in [1.165, 1.54) is 0 Å². The summed E-state index contributed by atoms with van der Waals surface area (Å²) in [7, 11) is 0. The summed E-state index contributed by atoms with van der Waals surface area (Å²) >= 11 is 0. The minimum Gasteiger partial charge on any atom is -0.424 e. The van der Waals surface area contributed by atoms with Gasteiger partial charge in [-0.25, -0.2) is 4.79 Å². The van der Waals surface area contributed by atoms with Crippen LogP contribution in [0.4, 0.5) is 4.79 Å². The molecule has 12 nitrogen and oxygen atoms in total. The second-order valence-corrected chi connectivity index (χ2v) is 5.96. The molecule has 3 aliphatic heterocycles. The number of hydrogen-bond donors (Lipinski definition) is 6. The molecule has 0 aromatic rings. The number of hydrogen-bond acceptors (Lipinski definition) is 12. The van der Waals surface area contributed by atoms with Crippen LogP contribution < -0.4 is 0 Å². The van der Waals surface area contributed by atoms with Crippen LogP contribution in [0.1, 0.15) is 0 Å². The molecule has 0 amide bonds. The molecule has 3 aliphatic rings. The fourth-order valence-corrected chi connectivity index (χ4v) is 3.07. The van der Waals surface area contributed by atoms with E-state index < -0.39 is 80.8 Å². The van der Waals surface area contributed by atoms with Crippen LogP contribution in [-0.4, -0.2) is 111 Å². The summed E-state index contributed by atoms with van der Waals surface area (Å²) in [5.41, 5.74) is 0. The molecule has 0 aliphatic carbocycles. The van der Waals surface area contributed by atoms with E-state index in [-0.39, 0.29) is 0 Å². The van der Waals surface area contributed by atoms with Crippen molar-refractivity contribution < 1.29 is 59.1 Å². The maximum absolute atomic E-state index is 11.3. The van der Waals surface area contributed by atoms with Crippen LogP contribution in [0, 0.1) is 0 Å². The summed E-state index contributed by atoms with van der Waals surface area (Å²) in [6.07, 6.45) is -15.1. The molecule has 25 heavy (non-hydrogen) atoms. The predicted octanol–water partition coefficient (Wildman–Crippen LogP) is -4.21. The zero-order valence-electron chi connectivity index (χ0n) is 12.8. The van der Waals surface area contributed by atoms with Crippen LogP contribution in [0.15, 0.2) is 0 Å². The van der Waals surface area contributed by atoms with Gasteiger partial charge in [0, 0.05) is 0 Å². The number of carbonyl (C=O) groups is 1. The summed E-state index contributed by atoms with van der Waals surface area (Å²) in [4.78, 5) is 11.3. The van der Waals surface area contributed by atoms with Gasteiger partial charge >= 0.3 is 6.16 Å². The Kier molecular flexibility index (Phi) is 5.43. The monoisotopic (exact) mass is 368 g/mol. The lowest BCUT2D eigenvalue weighted by Gasteiger charge is -2.44. The standard InChI is InChI=1S/C13H20O12/c14-1-3-8(5(16)6(17)11(19)21-3)23-12-7(18)10-9(4(2-15)22-12)24-13(20)25-10/h3-12,14-19H,1-2H2/t3-,4-,5-,6-,7-,8-,9+,10-,11?,12+/m1/s1. The Morgan fingerprint density at radius 2 is 1.48 bits per heavy atom. The van der Waals surface area contributed by atoms with Gasteiger partial charge < -0.3 is 54.3 Å². The van der Waals surface area contributed by atoms with E-state index in [0.29, 0.717) is 0 Å². The van der Waals surface area contributed by atoms with Crippen molar-refractivity contribution in [2.75, 3.05) is 13.2 Å². The predicted molar refractivity (Wildman–Crippen MR) is 71.7 cm³/mol. The maximum Gasteiger partial charge on any atom is 0.509 e. The number of rotatable bonds is 4. The Balaban J connectivity index is 1.75. The van der Waals surface area contributed by atoms with Crippen molar-refractivity contribution in [1.82, 2.24) is 0 Å². The van der Waals surface area contributed by atoms with Crippen molar-refractivity contribution in [3.63, 3.8) is 0 Å². The topological polar surface area (TPSA) is 185 Å². The number of fused-ring (bicyclic) bond motifs is 1. The van der Waals surface area contributed by atoms with E-state index in [2.05, 4.69) is 0 Å². The molecule has 3 rings (SSSR count). The highest BCUT2D eigenvalue weighted by Crippen LogP contribution is 2.33. The molecule has 0 saturated carbocycles. The van der Waals surface area contributed by atoms with Crippen molar-refractivity contribution >= 4 is 6.16 Å². The van der Waals surface area contributed by atoms with Crippen LogP contribution >= 0.6 is 0 Å². The lowest BCUT2D eigenvalue weighted by atomic mass is 9.97.